The molecular formula is C12H20BrN3O. The van der Waals surface area contributed by atoms with Gasteiger partial charge in [0.15, 0.2) is 0 Å². The number of aryl methyl sites for hydroxylation is 1. The molecule has 0 aliphatic rings. The van der Waals surface area contributed by atoms with Gasteiger partial charge in [-0.1, -0.05) is 0 Å². The lowest BCUT2D eigenvalue weighted by atomic mass is 10.3. The second kappa shape index (κ2) is 7.63. The van der Waals surface area contributed by atoms with Gasteiger partial charge in [-0.05, 0) is 48.0 Å². The lowest BCUT2D eigenvalue weighted by Gasteiger charge is -2.23. The molecule has 2 N–H and O–H groups in total. The molecule has 0 radical (unpaired) electrons. The number of methoxy groups -OCH3 is 1. The number of aromatic nitrogens is 1. The number of hydrogen-bond acceptors (Lipinski definition) is 4. The van der Waals surface area contributed by atoms with Crippen LogP contribution in [0.15, 0.2) is 16.6 Å². The van der Waals surface area contributed by atoms with E-state index in [0.29, 0.717) is 13.2 Å². The van der Waals surface area contributed by atoms with Crippen LogP contribution >= 0.6 is 15.9 Å². The molecule has 0 saturated heterocycles. The van der Waals surface area contributed by atoms with Gasteiger partial charge >= 0.3 is 0 Å². The zero-order valence-corrected chi connectivity index (χ0v) is 12.0. The smallest absolute Gasteiger partial charge is 0.128 e. The standard InChI is InChI=1S/C12H20BrN3O/c1-10-11(13)4-5-12(15-10)16(7-3-6-14)8-9-17-2/h4-5H,3,6-9,14H2,1-2H3. The van der Waals surface area contributed by atoms with Crippen LogP contribution in [0.4, 0.5) is 5.82 Å². The van der Waals surface area contributed by atoms with Gasteiger partial charge < -0.3 is 15.4 Å². The zero-order valence-electron chi connectivity index (χ0n) is 10.4. The van der Waals surface area contributed by atoms with Gasteiger partial charge in [0.1, 0.15) is 5.82 Å². The van der Waals surface area contributed by atoms with E-state index in [0.717, 1.165) is 35.5 Å². The van der Waals surface area contributed by atoms with Crippen molar-refractivity contribution in [3.8, 4) is 0 Å². The van der Waals surface area contributed by atoms with Crippen LogP contribution in [-0.2, 0) is 4.74 Å². The molecule has 1 aromatic rings. The molecule has 0 aliphatic heterocycles. The Morgan fingerprint density at radius 3 is 2.76 bits per heavy atom. The molecule has 96 valence electrons. The molecule has 1 heterocycles. The van der Waals surface area contributed by atoms with E-state index in [4.69, 9.17) is 10.5 Å². The van der Waals surface area contributed by atoms with Crippen molar-refractivity contribution in [1.82, 2.24) is 4.98 Å². The first-order valence-electron chi connectivity index (χ1n) is 5.76. The first-order chi connectivity index (χ1) is 8.19. The fourth-order valence-electron chi connectivity index (χ4n) is 1.53. The molecule has 1 rings (SSSR count). The molecule has 0 aromatic carbocycles. The third-order valence-corrected chi connectivity index (χ3v) is 3.37. The van der Waals surface area contributed by atoms with Crippen LogP contribution in [0.1, 0.15) is 12.1 Å². The van der Waals surface area contributed by atoms with Crippen LogP contribution in [0.5, 0.6) is 0 Å². The fourth-order valence-corrected chi connectivity index (χ4v) is 1.75. The van der Waals surface area contributed by atoms with Gasteiger partial charge in [0, 0.05) is 24.7 Å². The Bertz CT molecular complexity index is 339. The summed E-state index contributed by atoms with van der Waals surface area (Å²) in [6.45, 7) is 5.13. The number of hydrogen-bond donors (Lipinski definition) is 1. The van der Waals surface area contributed by atoms with E-state index < -0.39 is 0 Å². The van der Waals surface area contributed by atoms with Crippen molar-refractivity contribution in [2.24, 2.45) is 5.73 Å². The Morgan fingerprint density at radius 1 is 1.41 bits per heavy atom. The number of ether oxygens (including phenoxy) is 1. The van der Waals surface area contributed by atoms with Gasteiger partial charge in [-0.25, -0.2) is 4.98 Å². The SMILES string of the molecule is COCCN(CCCN)c1ccc(Br)c(C)n1. The Morgan fingerprint density at radius 2 is 2.18 bits per heavy atom. The largest absolute Gasteiger partial charge is 0.383 e. The van der Waals surface area contributed by atoms with Crippen molar-refractivity contribution in [1.29, 1.82) is 0 Å². The Balaban J connectivity index is 2.75. The highest BCUT2D eigenvalue weighted by atomic mass is 79.9. The van der Waals surface area contributed by atoms with E-state index in [1.165, 1.54) is 0 Å². The summed E-state index contributed by atoms with van der Waals surface area (Å²) in [6, 6.07) is 4.04. The lowest BCUT2D eigenvalue weighted by Crippen LogP contribution is -2.30. The van der Waals surface area contributed by atoms with Crippen molar-refractivity contribution in [2.45, 2.75) is 13.3 Å². The second-order valence-corrected chi connectivity index (χ2v) is 4.71. The summed E-state index contributed by atoms with van der Waals surface area (Å²) >= 11 is 3.46. The highest BCUT2D eigenvalue weighted by molar-refractivity contribution is 9.10. The molecule has 17 heavy (non-hydrogen) atoms. The third kappa shape index (κ3) is 4.61. The van der Waals surface area contributed by atoms with E-state index in [2.05, 4.69) is 25.8 Å². The maximum Gasteiger partial charge on any atom is 0.128 e. The third-order valence-electron chi connectivity index (χ3n) is 2.53. The summed E-state index contributed by atoms with van der Waals surface area (Å²) in [4.78, 5) is 6.77. The molecule has 1 aromatic heterocycles. The van der Waals surface area contributed by atoms with E-state index in [9.17, 15) is 0 Å². The van der Waals surface area contributed by atoms with Gasteiger partial charge in [0.05, 0.1) is 12.3 Å². The minimum Gasteiger partial charge on any atom is -0.383 e. The molecule has 0 saturated carbocycles. The number of anilines is 1. The Kier molecular flexibility index (Phi) is 6.47. The molecule has 0 unspecified atom stereocenters. The van der Waals surface area contributed by atoms with Crippen LogP contribution in [0.25, 0.3) is 0 Å². The highest BCUT2D eigenvalue weighted by Gasteiger charge is 2.08. The molecule has 4 nitrogen and oxygen atoms in total. The van der Waals surface area contributed by atoms with Gasteiger partial charge in [0.25, 0.3) is 0 Å². The summed E-state index contributed by atoms with van der Waals surface area (Å²) in [7, 11) is 1.71. The quantitative estimate of drug-likeness (QED) is 0.836. The van der Waals surface area contributed by atoms with E-state index in [-0.39, 0.29) is 0 Å². The maximum absolute atomic E-state index is 5.55. The van der Waals surface area contributed by atoms with E-state index >= 15 is 0 Å². The van der Waals surface area contributed by atoms with Crippen LogP contribution in [0.3, 0.4) is 0 Å². The molecule has 0 bridgehead atoms. The van der Waals surface area contributed by atoms with E-state index in [1.807, 2.05) is 19.1 Å². The van der Waals surface area contributed by atoms with Gasteiger partial charge in [-0.15, -0.1) is 0 Å². The summed E-state index contributed by atoms with van der Waals surface area (Å²) in [6.07, 6.45) is 0.959. The number of halogens is 1. The number of nitrogens with two attached hydrogens (primary N) is 1. The minimum absolute atomic E-state index is 0.693. The first-order valence-corrected chi connectivity index (χ1v) is 6.55. The Hall–Kier alpha value is -0.650. The molecule has 0 spiro atoms. The lowest BCUT2D eigenvalue weighted by molar-refractivity contribution is 0.205. The van der Waals surface area contributed by atoms with Gasteiger partial charge in [0.2, 0.25) is 0 Å². The summed E-state index contributed by atoms with van der Waals surface area (Å²) < 4.78 is 6.15. The first kappa shape index (κ1) is 14.4. The maximum atomic E-state index is 5.55. The second-order valence-electron chi connectivity index (χ2n) is 3.86. The summed E-state index contributed by atoms with van der Waals surface area (Å²) in [5.41, 5.74) is 6.55. The zero-order chi connectivity index (χ0) is 12.7. The highest BCUT2D eigenvalue weighted by Crippen LogP contribution is 2.19. The topological polar surface area (TPSA) is 51.4 Å². The number of rotatable bonds is 7. The van der Waals surface area contributed by atoms with Gasteiger partial charge in [-0.2, -0.15) is 0 Å². The van der Waals surface area contributed by atoms with Crippen molar-refractivity contribution in [3.05, 3.63) is 22.3 Å². The predicted molar refractivity (Wildman–Crippen MR) is 74.4 cm³/mol. The summed E-state index contributed by atoms with van der Waals surface area (Å²) in [5, 5.41) is 0. The van der Waals surface area contributed by atoms with E-state index in [1.54, 1.807) is 7.11 Å². The molecule has 5 heteroatoms. The fraction of sp³-hybridized carbons (Fsp3) is 0.583. The molecule has 0 aliphatic carbocycles. The molecular weight excluding hydrogens is 282 g/mol. The summed E-state index contributed by atoms with van der Waals surface area (Å²) in [5.74, 6) is 0.983. The number of nitrogens with zero attached hydrogens (tertiary/aromatic N) is 2. The average molecular weight is 302 g/mol. The van der Waals surface area contributed by atoms with Crippen molar-refractivity contribution in [3.63, 3.8) is 0 Å². The van der Waals surface area contributed by atoms with Crippen LogP contribution in [0.2, 0.25) is 0 Å². The van der Waals surface area contributed by atoms with Crippen molar-refractivity contribution in [2.75, 3.05) is 38.3 Å². The monoisotopic (exact) mass is 301 g/mol. The van der Waals surface area contributed by atoms with Gasteiger partial charge in [-0.3, -0.25) is 0 Å². The van der Waals surface area contributed by atoms with Crippen LogP contribution < -0.4 is 10.6 Å². The van der Waals surface area contributed by atoms with Crippen LogP contribution in [0, 0.1) is 6.92 Å². The minimum atomic E-state index is 0.693. The van der Waals surface area contributed by atoms with Crippen molar-refractivity contribution < 1.29 is 4.74 Å². The molecule has 0 atom stereocenters. The average Bonchev–Trinajstić information content (AvgIpc) is 2.33. The predicted octanol–water partition coefficient (Wildman–Crippen LogP) is 1.95. The normalized spacial score (nSPS) is 10.6. The molecule has 0 fully saturated rings. The number of pyridine rings is 1. The van der Waals surface area contributed by atoms with Crippen molar-refractivity contribution >= 4 is 21.7 Å². The Labute approximate surface area is 111 Å². The van der Waals surface area contributed by atoms with Crippen LogP contribution in [-0.4, -0.2) is 38.3 Å². The molecule has 0 amide bonds.